The lowest BCUT2D eigenvalue weighted by atomic mass is 9.96. The van der Waals surface area contributed by atoms with E-state index < -0.39 is 0 Å². The van der Waals surface area contributed by atoms with Crippen LogP contribution in [0.2, 0.25) is 0 Å². The molecular weight excluding hydrogens is 361 g/mol. The first-order valence-corrected chi connectivity index (χ1v) is 10.7. The summed E-state index contributed by atoms with van der Waals surface area (Å²) >= 11 is 0. The van der Waals surface area contributed by atoms with Gasteiger partial charge < -0.3 is 4.74 Å². The average Bonchev–Trinajstić information content (AvgIpc) is 2.75. The smallest absolute Gasteiger partial charge is 0.123 e. The molecule has 0 spiro atoms. The van der Waals surface area contributed by atoms with Crippen molar-refractivity contribution in [1.29, 1.82) is 0 Å². The molecule has 2 unspecified atom stereocenters. The summed E-state index contributed by atoms with van der Waals surface area (Å²) < 4.78 is 6.26. The first-order valence-electron chi connectivity index (χ1n) is 9.72. The molecule has 0 aliphatic rings. The third-order valence-corrected chi connectivity index (χ3v) is 6.96. The van der Waals surface area contributed by atoms with Crippen molar-refractivity contribution >= 4 is 20.1 Å². The molecule has 0 heterocycles. The summed E-state index contributed by atoms with van der Waals surface area (Å²) in [5.74, 6) is 0.977. The van der Waals surface area contributed by atoms with Gasteiger partial charge in [0.15, 0.2) is 0 Å². The van der Waals surface area contributed by atoms with E-state index in [1.54, 1.807) is 0 Å². The standard InChI is InChI=1S/C25H28NOP/c1-4-25(2,28-24-17-11-8-14-21(24)18-26-3)22-15-9-10-16-23(22)27-19-20-12-6-5-7-13-20/h5-18,28H,4,19H2,1-3H3/b26-18+. The molecular formula is C25H28NOP. The normalized spacial score (nSPS) is 13.8. The van der Waals surface area contributed by atoms with E-state index in [0.29, 0.717) is 15.2 Å². The maximum absolute atomic E-state index is 6.26. The number of para-hydroxylation sites is 1. The van der Waals surface area contributed by atoms with E-state index in [0.717, 1.165) is 12.2 Å². The van der Waals surface area contributed by atoms with Crippen molar-refractivity contribution in [3.05, 3.63) is 95.6 Å². The van der Waals surface area contributed by atoms with Crippen LogP contribution >= 0.6 is 8.58 Å². The molecule has 3 rings (SSSR count). The third-order valence-electron chi connectivity index (χ3n) is 5.07. The highest BCUT2D eigenvalue weighted by molar-refractivity contribution is 7.48. The predicted octanol–water partition coefficient (Wildman–Crippen LogP) is 5.94. The van der Waals surface area contributed by atoms with E-state index in [2.05, 4.69) is 79.5 Å². The molecule has 0 fully saturated rings. The molecule has 0 amide bonds. The van der Waals surface area contributed by atoms with Crippen LogP contribution in [0.3, 0.4) is 0 Å². The summed E-state index contributed by atoms with van der Waals surface area (Å²) in [5, 5.41) is 1.35. The van der Waals surface area contributed by atoms with Gasteiger partial charge in [-0.1, -0.05) is 95.2 Å². The van der Waals surface area contributed by atoms with Crippen LogP contribution in [0.15, 0.2) is 83.9 Å². The first kappa shape index (κ1) is 20.3. The van der Waals surface area contributed by atoms with E-state index in [1.165, 1.54) is 22.0 Å². The highest BCUT2D eigenvalue weighted by Crippen LogP contribution is 2.47. The van der Waals surface area contributed by atoms with Crippen molar-refractivity contribution in [1.82, 2.24) is 0 Å². The highest BCUT2D eigenvalue weighted by atomic mass is 31.1. The Morgan fingerprint density at radius 1 is 0.929 bits per heavy atom. The monoisotopic (exact) mass is 389 g/mol. The van der Waals surface area contributed by atoms with Crippen molar-refractivity contribution in [3.63, 3.8) is 0 Å². The number of ether oxygens (including phenoxy) is 1. The van der Waals surface area contributed by atoms with Gasteiger partial charge in [0, 0.05) is 24.0 Å². The van der Waals surface area contributed by atoms with Crippen LogP contribution in [-0.4, -0.2) is 13.3 Å². The third kappa shape index (κ3) is 4.88. The van der Waals surface area contributed by atoms with Gasteiger partial charge in [0.2, 0.25) is 0 Å². The van der Waals surface area contributed by atoms with E-state index in [1.807, 2.05) is 31.5 Å². The Hall–Kier alpha value is -2.44. The van der Waals surface area contributed by atoms with Crippen LogP contribution in [0.5, 0.6) is 5.75 Å². The first-order chi connectivity index (χ1) is 13.7. The van der Waals surface area contributed by atoms with Gasteiger partial charge in [-0.15, -0.1) is 0 Å². The minimum absolute atomic E-state index is 0.00493. The van der Waals surface area contributed by atoms with Crippen LogP contribution in [0.4, 0.5) is 0 Å². The molecule has 2 nitrogen and oxygen atoms in total. The van der Waals surface area contributed by atoms with Crippen LogP contribution in [0.1, 0.15) is 37.0 Å². The van der Waals surface area contributed by atoms with Gasteiger partial charge in [-0.2, -0.15) is 0 Å². The fourth-order valence-corrected chi connectivity index (χ4v) is 4.87. The maximum Gasteiger partial charge on any atom is 0.123 e. The molecule has 0 N–H and O–H groups in total. The number of rotatable bonds is 8. The van der Waals surface area contributed by atoms with Gasteiger partial charge in [-0.25, -0.2) is 0 Å². The van der Waals surface area contributed by atoms with Gasteiger partial charge >= 0.3 is 0 Å². The van der Waals surface area contributed by atoms with Crippen LogP contribution < -0.4 is 10.0 Å². The second-order valence-electron chi connectivity index (χ2n) is 7.06. The van der Waals surface area contributed by atoms with Crippen molar-refractivity contribution in [2.24, 2.45) is 4.99 Å². The quantitative estimate of drug-likeness (QED) is 0.345. The SMILES string of the molecule is CCC(C)(Pc1ccccc1/C=N/C)c1ccccc1OCc1ccccc1. The summed E-state index contributed by atoms with van der Waals surface area (Å²) in [6, 6.07) is 27.4. The summed E-state index contributed by atoms with van der Waals surface area (Å²) in [6.07, 6.45) is 2.99. The predicted molar refractivity (Wildman–Crippen MR) is 123 cm³/mol. The maximum atomic E-state index is 6.26. The molecule has 28 heavy (non-hydrogen) atoms. The Morgan fingerprint density at radius 3 is 2.36 bits per heavy atom. The fraction of sp³-hybridized carbons (Fsp3) is 0.240. The lowest BCUT2D eigenvalue weighted by Crippen LogP contribution is -2.21. The molecule has 3 heteroatoms. The zero-order valence-electron chi connectivity index (χ0n) is 16.9. The molecule has 0 saturated heterocycles. The highest BCUT2D eigenvalue weighted by Gasteiger charge is 2.29. The lowest BCUT2D eigenvalue weighted by Gasteiger charge is -2.31. The minimum atomic E-state index is 0.00493. The number of hydrogen-bond acceptors (Lipinski definition) is 2. The van der Waals surface area contributed by atoms with Crippen LogP contribution in [-0.2, 0) is 11.8 Å². The zero-order chi connectivity index (χ0) is 19.8. The largest absolute Gasteiger partial charge is 0.489 e. The Morgan fingerprint density at radius 2 is 1.61 bits per heavy atom. The second kappa shape index (κ2) is 9.66. The molecule has 0 bridgehead atoms. The van der Waals surface area contributed by atoms with Gasteiger partial charge in [0.05, 0.1) is 0 Å². The Balaban J connectivity index is 1.89. The second-order valence-corrected chi connectivity index (χ2v) is 8.95. The average molecular weight is 389 g/mol. The number of hydrogen-bond donors (Lipinski definition) is 0. The van der Waals surface area contributed by atoms with E-state index >= 15 is 0 Å². The Labute approximate surface area is 170 Å². The lowest BCUT2D eigenvalue weighted by molar-refractivity contribution is 0.300. The van der Waals surface area contributed by atoms with Crippen molar-refractivity contribution in [3.8, 4) is 5.75 Å². The summed E-state index contributed by atoms with van der Waals surface area (Å²) in [5.41, 5.74) is 3.66. The van der Waals surface area contributed by atoms with Crippen molar-refractivity contribution < 1.29 is 4.74 Å². The topological polar surface area (TPSA) is 21.6 Å². The molecule has 3 aromatic rings. The van der Waals surface area contributed by atoms with Gasteiger partial charge in [-0.05, 0) is 28.9 Å². The van der Waals surface area contributed by atoms with E-state index in [4.69, 9.17) is 4.74 Å². The molecule has 144 valence electrons. The molecule has 0 saturated carbocycles. The van der Waals surface area contributed by atoms with Gasteiger partial charge in [-0.3, -0.25) is 4.99 Å². The van der Waals surface area contributed by atoms with Gasteiger partial charge in [0.1, 0.15) is 12.4 Å². The molecule has 0 aliphatic heterocycles. The molecule has 0 aromatic heterocycles. The summed E-state index contributed by atoms with van der Waals surface area (Å²) in [6.45, 7) is 5.19. The molecule has 2 atom stereocenters. The number of aliphatic imine (C=N–C) groups is 1. The fourth-order valence-electron chi connectivity index (χ4n) is 3.29. The Bertz CT molecular complexity index is 923. The van der Waals surface area contributed by atoms with Gasteiger partial charge in [0.25, 0.3) is 0 Å². The molecule has 3 aromatic carbocycles. The Kier molecular flexibility index (Phi) is 7.01. The molecule has 0 aliphatic carbocycles. The molecule has 0 radical (unpaired) electrons. The minimum Gasteiger partial charge on any atom is -0.489 e. The van der Waals surface area contributed by atoms with E-state index in [-0.39, 0.29) is 5.16 Å². The summed E-state index contributed by atoms with van der Waals surface area (Å²) in [4.78, 5) is 4.23. The van der Waals surface area contributed by atoms with Crippen molar-refractivity contribution in [2.45, 2.75) is 32.0 Å². The number of nitrogens with zero attached hydrogens (tertiary/aromatic N) is 1. The number of benzene rings is 3. The zero-order valence-corrected chi connectivity index (χ0v) is 17.9. The van der Waals surface area contributed by atoms with Crippen LogP contribution in [0.25, 0.3) is 0 Å². The van der Waals surface area contributed by atoms with Crippen LogP contribution in [0, 0.1) is 0 Å². The summed E-state index contributed by atoms with van der Waals surface area (Å²) in [7, 11) is 2.46. The van der Waals surface area contributed by atoms with Crippen molar-refractivity contribution in [2.75, 3.05) is 7.05 Å². The van der Waals surface area contributed by atoms with E-state index in [9.17, 15) is 0 Å².